The lowest BCUT2D eigenvalue weighted by molar-refractivity contribution is -0.729. The quantitative estimate of drug-likeness (QED) is 0.104. The van der Waals surface area contributed by atoms with Crippen LogP contribution in [-0.4, -0.2) is 94.7 Å². The summed E-state index contributed by atoms with van der Waals surface area (Å²) in [5.74, 6) is -0.309. The van der Waals surface area contributed by atoms with Gasteiger partial charge in [0.05, 0.1) is 22.0 Å². The van der Waals surface area contributed by atoms with Gasteiger partial charge in [-0.1, -0.05) is 30.3 Å². The van der Waals surface area contributed by atoms with E-state index in [2.05, 4.69) is 25.7 Å². The second-order valence-corrected chi connectivity index (χ2v) is 16.0. The summed E-state index contributed by atoms with van der Waals surface area (Å²) in [6, 6.07) is 21.5. The van der Waals surface area contributed by atoms with Gasteiger partial charge in [-0.05, 0) is 87.1 Å². The van der Waals surface area contributed by atoms with E-state index >= 15 is 0 Å². The van der Waals surface area contributed by atoms with Gasteiger partial charge in [0.2, 0.25) is 0 Å². The van der Waals surface area contributed by atoms with Gasteiger partial charge in [-0.25, -0.2) is 32.8 Å². The Morgan fingerprint density at radius 3 is 2.63 bits per heavy atom. The Morgan fingerprint density at radius 1 is 1.04 bits per heavy atom. The monoisotopic (exact) mass is 811 g/mol. The Bertz CT molecular complexity index is 2510. The number of fused-ring (bicyclic) bond motifs is 2. The van der Waals surface area contributed by atoms with Crippen molar-refractivity contribution < 1.29 is 32.9 Å². The van der Waals surface area contributed by atoms with Crippen molar-refractivity contribution in [3.8, 4) is 5.75 Å². The largest absolute Gasteiger partial charge is 0.491 e. The van der Waals surface area contributed by atoms with Crippen molar-refractivity contribution in [1.29, 1.82) is 0 Å². The number of rotatable bonds is 15. The van der Waals surface area contributed by atoms with Crippen LogP contribution < -0.4 is 25.0 Å². The second kappa shape index (κ2) is 16.7. The molecule has 0 saturated heterocycles. The van der Waals surface area contributed by atoms with Gasteiger partial charge < -0.3 is 25.2 Å². The van der Waals surface area contributed by atoms with E-state index in [1.165, 1.54) is 17.5 Å². The Labute approximate surface area is 331 Å². The number of ether oxygens (including phenoxy) is 1. The Hall–Kier alpha value is -6.44. The number of para-hydroxylation sites is 1. The molecule has 3 aromatic carbocycles. The van der Waals surface area contributed by atoms with Crippen molar-refractivity contribution in [2.24, 2.45) is 0 Å². The summed E-state index contributed by atoms with van der Waals surface area (Å²) < 4.78 is 36.4. The average molecular weight is 812 g/mol. The molecule has 4 N–H and O–H groups in total. The fourth-order valence-electron chi connectivity index (χ4n) is 6.28. The number of hydrogen-bond donors (Lipinski definition) is 4. The van der Waals surface area contributed by atoms with Crippen LogP contribution in [0.2, 0.25) is 0 Å². The lowest BCUT2D eigenvalue weighted by Gasteiger charge is -2.29. The number of carbonyl (C=O) groups excluding carboxylic acids is 2. The summed E-state index contributed by atoms with van der Waals surface area (Å²) in [5, 5.41) is 22.1. The number of carbonyl (C=O) groups is 2. The summed E-state index contributed by atoms with van der Waals surface area (Å²) in [6.45, 7) is 1.76. The molecule has 57 heavy (non-hydrogen) atoms. The van der Waals surface area contributed by atoms with Crippen molar-refractivity contribution in [1.82, 2.24) is 29.2 Å². The number of amides is 2. The number of benzene rings is 3. The van der Waals surface area contributed by atoms with Gasteiger partial charge in [-0.3, -0.25) is 9.59 Å². The first-order chi connectivity index (χ1) is 27.4. The molecule has 0 saturated carbocycles. The number of sulfonamides is 1. The van der Waals surface area contributed by atoms with Gasteiger partial charge in [0.25, 0.3) is 26.8 Å². The lowest BCUT2D eigenvalue weighted by Crippen LogP contribution is -2.33. The molecule has 7 rings (SSSR count). The maximum Gasteiger partial charge on any atom is 0.340 e. The summed E-state index contributed by atoms with van der Waals surface area (Å²) in [4.78, 5) is 50.9. The first-order valence-electron chi connectivity index (χ1n) is 17.8. The molecule has 6 aromatic rings. The Balaban J connectivity index is 1.02. The number of anilines is 3. The van der Waals surface area contributed by atoms with Crippen LogP contribution in [0.5, 0.6) is 5.75 Å². The lowest BCUT2D eigenvalue weighted by atomic mass is 9.94. The highest BCUT2D eigenvalue weighted by Crippen LogP contribution is 2.31. The number of thiazole rings is 1. The normalized spacial score (nSPS) is 13.2. The molecule has 0 fully saturated rings. The molecule has 1 aliphatic rings. The maximum absolute atomic E-state index is 13.4. The van der Waals surface area contributed by atoms with Gasteiger partial charge in [0.15, 0.2) is 16.6 Å². The van der Waals surface area contributed by atoms with Gasteiger partial charge in [-0.15, -0.1) is 11.3 Å². The number of nitrogens with one attached hydrogen (secondary N) is 3. The highest BCUT2D eigenvalue weighted by atomic mass is 32.2. The van der Waals surface area contributed by atoms with Gasteiger partial charge in [0.1, 0.15) is 23.7 Å². The first-order valence-corrected chi connectivity index (χ1v) is 20.2. The Morgan fingerprint density at radius 2 is 1.86 bits per heavy atom. The van der Waals surface area contributed by atoms with Crippen molar-refractivity contribution in [2.45, 2.75) is 30.3 Å². The van der Waals surface area contributed by atoms with E-state index in [9.17, 15) is 28.1 Å². The predicted molar refractivity (Wildman–Crippen MR) is 213 cm³/mol. The predicted octanol–water partition coefficient (Wildman–Crippen LogP) is 4.73. The highest BCUT2D eigenvalue weighted by molar-refractivity contribution is 7.90. The van der Waals surface area contributed by atoms with Crippen molar-refractivity contribution >= 4 is 61.1 Å². The van der Waals surface area contributed by atoms with Crippen molar-refractivity contribution in [3.63, 3.8) is 0 Å². The minimum Gasteiger partial charge on any atom is -0.491 e. The SMILES string of the molecule is CN(C)CC[C@H](COc1ccccc1)Nc1ccc(S(=O)(=O)NC(=O)c2csc(N3CCc4cccc(C(=O)Nc5cn6ncccc6n5)c4C3)n2)cc1[N+](=O)O. The van der Waals surface area contributed by atoms with E-state index in [4.69, 9.17) is 4.74 Å². The Kier molecular flexibility index (Phi) is 11.4. The van der Waals surface area contributed by atoms with E-state index in [1.807, 2.05) is 71.1 Å². The van der Waals surface area contributed by atoms with E-state index in [0.717, 1.165) is 28.5 Å². The molecule has 17 nitrogen and oxygen atoms in total. The third-order valence-electron chi connectivity index (χ3n) is 9.18. The smallest absolute Gasteiger partial charge is 0.340 e. The zero-order valence-electron chi connectivity index (χ0n) is 30.9. The minimum atomic E-state index is -4.52. The van der Waals surface area contributed by atoms with E-state index in [1.54, 1.807) is 35.1 Å². The van der Waals surface area contributed by atoms with Crippen LogP contribution in [0.25, 0.3) is 5.65 Å². The third kappa shape index (κ3) is 9.17. The molecule has 1 atom stereocenters. The van der Waals surface area contributed by atoms with Crippen LogP contribution in [0.15, 0.2) is 102 Å². The van der Waals surface area contributed by atoms with Gasteiger partial charge >= 0.3 is 5.69 Å². The van der Waals surface area contributed by atoms with Crippen LogP contribution in [0, 0.1) is 4.91 Å². The molecule has 0 radical (unpaired) electrons. The van der Waals surface area contributed by atoms with Crippen LogP contribution >= 0.6 is 11.3 Å². The first kappa shape index (κ1) is 38.8. The van der Waals surface area contributed by atoms with E-state index < -0.39 is 25.7 Å². The molecular formula is C38H39N10O7S2+. The second-order valence-electron chi connectivity index (χ2n) is 13.5. The fourth-order valence-corrected chi connectivity index (χ4v) is 8.10. The molecule has 294 valence electrons. The fraction of sp³-hybridized carbons (Fsp3) is 0.237. The molecule has 3 aromatic heterocycles. The number of imidazole rings is 1. The van der Waals surface area contributed by atoms with Gasteiger partial charge in [-0.2, -0.15) is 5.10 Å². The molecule has 0 aliphatic carbocycles. The van der Waals surface area contributed by atoms with Crippen LogP contribution in [0.1, 0.15) is 38.4 Å². The average Bonchev–Trinajstić information content (AvgIpc) is 3.86. The molecule has 0 bridgehead atoms. The molecule has 0 spiro atoms. The molecule has 2 amide bonds. The number of hydrogen-bond acceptors (Lipinski definition) is 13. The van der Waals surface area contributed by atoms with Crippen LogP contribution in [0.4, 0.5) is 22.3 Å². The minimum absolute atomic E-state index is 0.135. The molecule has 4 heterocycles. The standard InChI is InChI=1S/C38H38N10O7S2/c1-45(2)18-16-26(23-55-27-9-4-3-5-10-27)40-31-14-13-28(20-33(31)48(51)52)57(53,54)44-37(50)32-24-56-38(41-32)46-19-15-25-8-6-11-29(30(25)21-46)36(49)43-34-22-47-35(42-34)12-7-17-39-47/h3-14,17,20,22,24,26,40H,15-16,18-19,21,23H2,1-2H3,(H2-,43,44,49,50,51,52)/p+1/t26-/m1/s1. The molecular weight excluding hydrogens is 773 g/mol. The van der Waals surface area contributed by atoms with E-state index in [-0.39, 0.29) is 35.6 Å². The zero-order chi connectivity index (χ0) is 40.1. The molecule has 0 unspecified atom stereocenters. The number of nitrogens with zero attached hydrogens (tertiary/aromatic N) is 7. The summed E-state index contributed by atoms with van der Waals surface area (Å²) in [6.07, 6.45) is 4.45. The molecule has 19 heteroatoms. The van der Waals surface area contributed by atoms with Gasteiger partial charge in [0, 0.05) is 36.3 Å². The topological polar surface area (TPSA) is 203 Å². The highest BCUT2D eigenvalue weighted by Gasteiger charge is 2.29. The third-order valence-corrected chi connectivity index (χ3v) is 11.4. The van der Waals surface area contributed by atoms with Crippen LogP contribution in [-0.2, 0) is 23.0 Å². The zero-order valence-corrected chi connectivity index (χ0v) is 32.5. The summed E-state index contributed by atoms with van der Waals surface area (Å²) in [5.41, 5.74) is 2.51. The van der Waals surface area contributed by atoms with E-state index in [0.29, 0.717) is 60.4 Å². The number of aromatic nitrogens is 4. The van der Waals surface area contributed by atoms with Crippen molar-refractivity contribution in [3.05, 3.63) is 124 Å². The molecule has 1 aliphatic heterocycles. The summed E-state index contributed by atoms with van der Waals surface area (Å²) >= 11 is 1.16. The van der Waals surface area contributed by atoms with Crippen molar-refractivity contribution in [2.75, 3.05) is 49.3 Å². The van der Waals surface area contributed by atoms with Crippen LogP contribution in [0.3, 0.4) is 0 Å². The maximum atomic E-state index is 13.4. The summed E-state index contributed by atoms with van der Waals surface area (Å²) in [7, 11) is -0.682.